The van der Waals surface area contributed by atoms with Crippen molar-refractivity contribution in [2.45, 2.75) is 65.9 Å². The molecule has 1 amide bonds. The van der Waals surface area contributed by atoms with Crippen LogP contribution < -0.4 is 10.1 Å². The van der Waals surface area contributed by atoms with Gasteiger partial charge in [0.05, 0.1) is 12.2 Å². The van der Waals surface area contributed by atoms with Crippen LogP contribution in [0.25, 0.3) is 0 Å². The third kappa shape index (κ3) is 4.99. The van der Waals surface area contributed by atoms with Gasteiger partial charge in [0, 0.05) is 4.88 Å². The molecule has 0 spiro atoms. The highest BCUT2D eigenvalue weighted by Crippen LogP contribution is 2.38. The van der Waals surface area contributed by atoms with Gasteiger partial charge in [-0.05, 0) is 81.7 Å². The maximum absolute atomic E-state index is 13.0. The maximum Gasteiger partial charge on any atom is 0.341 e. The molecule has 0 saturated heterocycles. The third-order valence-electron chi connectivity index (χ3n) is 5.02. The summed E-state index contributed by atoms with van der Waals surface area (Å²) in [6.07, 6.45) is 3.85. The van der Waals surface area contributed by atoms with Gasteiger partial charge in [-0.1, -0.05) is 13.0 Å². The SMILES string of the molecule is CCOC(=O)c1c(NC(=O)C(CC)Oc2cc(C)cc(C)c2)sc2c1CCCC2. The largest absolute Gasteiger partial charge is 0.481 e. The van der Waals surface area contributed by atoms with Gasteiger partial charge in [-0.15, -0.1) is 11.3 Å². The maximum atomic E-state index is 13.0. The summed E-state index contributed by atoms with van der Waals surface area (Å²) in [6.45, 7) is 8.02. The van der Waals surface area contributed by atoms with E-state index in [0.717, 1.165) is 42.4 Å². The zero-order chi connectivity index (χ0) is 21.0. The van der Waals surface area contributed by atoms with Crippen LogP contribution >= 0.6 is 11.3 Å². The summed E-state index contributed by atoms with van der Waals surface area (Å²) in [6, 6.07) is 5.92. The smallest absolute Gasteiger partial charge is 0.341 e. The molecule has 6 heteroatoms. The van der Waals surface area contributed by atoms with Gasteiger partial charge < -0.3 is 14.8 Å². The number of rotatable bonds is 7. The van der Waals surface area contributed by atoms with Crippen molar-refractivity contribution in [3.8, 4) is 5.75 Å². The zero-order valence-corrected chi connectivity index (χ0v) is 18.4. The molecule has 1 aliphatic rings. The summed E-state index contributed by atoms with van der Waals surface area (Å²) in [5, 5.41) is 3.55. The molecule has 1 unspecified atom stereocenters. The van der Waals surface area contributed by atoms with E-state index in [2.05, 4.69) is 11.4 Å². The Bertz CT molecular complexity index is 882. The van der Waals surface area contributed by atoms with Gasteiger partial charge in [0.15, 0.2) is 6.10 Å². The van der Waals surface area contributed by atoms with Crippen LogP contribution in [0.3, 0.4) is 0 Å². The minimum Gasteiger partial charge on any atom is -0.481 e. The Labute approximate surface area is 176 Å². The molecule has 1 aliphatic carbocycles. The lowest BCUT2D eigenvalue weighted by Gasteiger charge is -2.18. The first-order valence-electron chi connectivity index (χ1n) is 10.3. The number of nitrogens with one attached hydrogen (secondary N) is 1. The van der Waals surface area contributed by atoms with Gasteiger partial charge in [0.2, 0.25) is 0 Å². The Morgan fingerprint density at radius 2 is 1.79 bits per heavy atom. The summed E-state index contributed by atoms with van der Waals surface area (Å²) < 4.78 is 11.3. The quantitative estimate of drug-likeness (QED) is 0.630. The highest BCUT2D eigenvalue weighted by atomic mass is 32.1. The molecule has 0 bridgehead atoms. The van der Waals surface area contributed by atoms with E-state index in [-0.39, 0.29) is 11.9 Å². The topological polar surface area (TPSA) is 64.6 Å². The molecule has 1 atom stereocenters. The number of carbonyl (C=O) groups excluding carboxylic acids is 2. The fourth-order valence-electron chi connectivity index (χ4n) is 3.75. The van der Waals surface area contributed by atoms with Crippen LogP contribution in [-0.2, 0) is 22.4 Å². The van der Waals surface area contributed by atoms with Gasteiger partial charge in [0.25, 0.3) is 5.91 Å². The average Bonchev–Trinajstić information content (AvgIpc) is 3.03. The normalized spacial score (nSPS) is 14.1. The molecule has 3 rings (SSSR count). The summed E-state index contributed by atoms with van der Waals surface area (Å²) in [5.41, 5.74) is 3.75. The molecule has 1 aromatic heterocycles. The van der Waals surface area contributed by atoms with Crippen molar-refractivity contribution in [3.63, 3.8) is 0 Å². The fourth-order valence-corrected chi connectivity index (χ4v) is 5.03. The Morgan fingerprint density at radius 3 is 2.45 bits per heavy atom. The standard InChI is InChI=1S/C23H29NO4S/c1-5-18(28-16-12-14(3)11-15(4)13-16)21(25)24-22-20(23(26)27-6-2)17-9-7-8-10-19(17)29-22/h11-13,18H,5-10H2,1-4H3,(H,24,25). The van der Waals surface area contributed by atoms with Crippen LogP contribution in [0.1, 0.15) is 65.0 Å². The first kappa shape index (κ1) is 21.4. The zero-order valence-electron chi connectivity index (χ0n) is 17.6. The average molecular weight is 416 g/mol. The molecule has 1 N–H and O–H groups in total. The molecule has 0 radical (unpaired) electrons. The highest BCUT2D eigenvalue weighted by Gasteiger charge is 2.29. The van der Waals surface area contributed by atoms with E-state index in [1.807, 2.05) is 32.9 Å². The lowest BCUT2D eigenvalue weighted by molar-refractivity contribution is -0.122. The molecule has 29 heavy (non-hydrogen) atoms. The monoisotopic (exact) mass is 415 g/mol. The lowest BCUT2D eigenvalue weighted by Crippen LogP contribution is -2.32. The van der Waals surface area contributed by atoms with Crippen molar-refractivity contribution in [2.75, 3.05) is 11.9 Å². The van der Waals surface area contributed by atoms with E-state index in [1.165, 1.54) is 16.2 Å². The number of thiophene rings is 1. The molecule has 0 saturated carbocycles. The molecular formula is C23H29NO4S. The number of benzene rings is 1. The molecule has 5 nitrogen and oxygen atoms in total. The van der Waals surface area contributed by atoms with Crippen LogP contribution in [0.4, 0.5) is 5.00 Å². The second-order valence-corrected chi connectivity index (χ2v) is 8.57. The number of fused-ring (bicyclic) bond motifs is 1. The number of ether oxygens (including phenoxy) is 2. The van der Waals surface area contributed by atoms with Crippen molar-refractivity contribution in [1.29, 1.82) is 0 Å². The Morgan fingerprint density at radius 1 is 1.10 bits per heavy atom. The molecule has 156 valence electrons. The minimum atomic E-state index is -0.634. The molecular weight excluding hydrogens is 386 g/mol. The Kier molecular flexibility index (Phi) is 6.96. The van der Waals surface area contributed by atoms with E-state index in [4.69, 9.17) is 9.47 Å². The number of amides is 1. The van der Waals surface area contributed by atoms with Gasteiger partial charge in [0.1, 0.15) is 10.8 Å². The summed E-state index contributed by atoms with van der Waals surface area (Å²) in [5.74, 6) is 0.0851. The third-order valence-corrected chi connectivity index (χ3v) is 6.23. The van der Waals surface area contributed by atoms with Gasteiger partial charge in [-0.2, -0.15) is 0 Å². The summed E-state index contributed by atoms with van der Waals surface area (Å²) in [4.78, 5) is 26.7. The van der Waals surface area contributed by atoms with E-state index in [1.54, 1.807) is 6.92 Å². The summed E-state index contributed by atoms with van der Waals surface area (Å²) >= 11 is 1.50. The molecule has 0 aliphatic heterocycles. The molecule has 1 heterocycles. The van der Waals surface area contributed by atoms with Crippen molar-refractivity contribution in [1.82, 2.24) is 0 Å². The molecule has 0 fully saturated rings. The fraction of sp³-hybridized carbons (Fsp3) is 0.478. The van der Waals surface area contributed by atoms with Crippen LogP contribution in [0.2, 0.25) is 0 Å². The van der Waals surface area contributed by atoms with Crippen LogP contribution in [-0.4, -0.2) is 24.6 Å². The van der Waals surface area contributed by atoms with Gasteiger partial charge in [-0.3, -0.25) is 4.79 Å². The number of anilines is 1. The lowest BCUT2D eigenvalue weighted by atomic mass is 9.95. The van der Waals surface area contributed by atoms with E-state index in [9.17, 15) is 9.59 Å². The van der Waals surface area contributed by atoms with Crippen LogP contribution in [0, 0.1) is 13.8 Å². The number of esters is 1. The molecule has 2 aromatic rings. The second-order valence-electron chi connectivity index (χ2n) is 7.46. The van der Waals surface area contributed by atoms with Crippen molar-refractivity contribution >= 4 is 28.2 Å². The number of hydrogen-bond donors (Lipinski definition) is 1. The van der Waals surface area contributed by atoms with Crippen molar-refractivity contribution in [2.24, 2.45) is 0 Å². The first-order chi connectivity index (χ1) is 13.9. The van der Waals surface area contributed by atoms with Crippen molar-refractivity contribution in [3.05, 3.63) is 45.3 Å². The Balaban J connectivity index is 1.83. The Hall–Kier alpha value is -2.34. The minimum absolute atomic E-state index is 0.240. The predicted octanol–water partition coefficient (Wildman–Crippen LogP) is 5.22. The van der Waals surface area contributed by atoms with Crippen molar-refractivity contribution < 1.29 is 19.1 Å². The van der Waals surface area contributed by atoms with Gasteiger partial charge in [-0.25, -0.2) is 4.79 Å². The van der Waals surface area contributed by atoms with Crippen LogP contribution in [0.5, 0.6) is 5.75 Å². The highest BCUT2D eigenvalue weighted by molar-refractivity contribution is 7.17. The van der Waals surface area contributed by atoms with Crippen LogP contribution in [0.15, 0.2) is 18.2 Å². The van der Waals surface area contributed by atoms with Gasteiger partial charge >= 0.3 is 5.97 Å². The molecule has 1 aromatic carbocycles. The predicted molar refractivity (Wildman–Crippen MR) is 116 cm³/mol. The number of aryl methyl sites for hydroxylation is 3. The van der Waals surface area contributed by atoms with E-state index in [0.29, 0.717) is 29.3 Å². The van der Waals surface area contributed by atoms with E-state index >= 15 is 0 Å². The first-order valence-corrected chi connectivity index (χ1v) is 11.1. The number of carbonyl (C=O) groups is 2. The second kappa shape index (κ2) is 9.44. The summed E-state index contributed by atoms with van der Waals surface area (Å²) in [7, 11) is 0. The number of hydrogen-bond acceptors (Lipinski definition) is 5. The van der Waals surface area contributed by atoms with E-state index < -0.39 is 6.10 Å².